The molecule has 166 valence electrons. The minimum atomic E-state index is -0.924. The smallest absolute Gasteiger partial charge is 0.342 e. The van der Waals surface area contributed by atoms with Crippen molar-refractivity contribution < 1.29 is 19.4 Å². The van der Waals surface area contributed by atoms with E-state index in [9.17, 15) is 24.3 Å². The highest BCUT2D eigenvalue weighted by Gasteiger charge is 2.24. The van der Waals surface area contributed by atoms with Gasteiger partial charge in [-0.2, -0.15) is 0 Å². The molecular weight excluding hydrogens is 414 g/mol. The van der Waals surface area contributed by atoms with Gasteiger partial charge in [0.05, 0.1) is 6.54 Å². The number of para-hydroxylation sites is 1. The van der Waals surface area contributed by atoms with E-state index in [2.05, 4.69) is 0 Å². The molecule has 3 aromatic rings. The second-order valence-corrected chi connectivity index (χ2v) is 7.13. The van der Waals surface area contributed by atoms with Crippen molar-refractivity contribution in [2.24, 2.45) is 0 Å². The number of carbonyl (C=O) groups excluding carboxylic acids is 2. The summed E-state index contributed by atoms with van der Waals surface area (Å²) in [6.07, 6.45) is 0. The monoisotopic (exact) mass is 437 g/mol. The first-order valence-corrected chi connectivity index (χ1v) is 9.92. The molecule has 1 aromatic heterocycles. The molecule has 3 N–H and O–H groups in total. The lowest BCUT2D eigenvalue weighted by Gasteiger charge is -2.16. The molecule has 0 unspecified atom stereocenters. The van der Waals surface area contributed by atoms with E-state index in [1.54, 1.807) is 50.2 Å². The Kier molecular flexibility index (Phi) is 6.58. The number of nitrogens with two attached hydrogens (primary N) is 1. The normalized spacial score (nSPS) is 10.7. The molecule has 2 aromatic carbocycles. The van der Waals surface area contributed by atoms with Gasteiger partial charge in [0, 0.05) is 6.54 Å². The Balaban J connectivity index is 1.94. The number of hydrogen-bond donors (Lipinski definition) is 2. The largest absolute Gasteiger partial charge is 0.507 e. The van der Waals surface area contributed by atoms with Crippen LogP contribution < -0.4 is 17.0 Å². The Hall–Kier alpha value is -4.14. The van der Waals surface area contributed by atoms with Crippen LogP contribution in [0.3, 0.4) is 0 Å². The van der Waals surface area contributed by atoms with Gasteiger partial charge in [-0.25, -0.2) is 9.59 Å². The van der Waals surface area contributed by atoms with Crippen LogP contribution in [0.25, 0.3) is 0 Å². The molecule has 0 radical (unpaired) electrons. The Morgan fingerprint density at radius 1 is 1.03 bits per heavy atom. The number of aromatic hydroxyl groups is 1. The average molecular weight is 437 g/mol. The lowest BCUT2D eigenvalue weighted by atomic mass is 10.1. The minimum Gasteiger partial charge on any atom is -0.507 e. The number of hydrogen-bond acceptors (Lipinski definition) is 7. The highest BCUT2D eigenvalue weighted by molar-refractivity contribution is 6.02. The summed E-state index contributed by atoms with van der Waals surface area (Å²) in [6.45, 7) is 2.52. The topological polar surface area (TPSA) is 134 Å². The predicted octanol–water partition coefficient (Wildman–Crippen LogP) is 1.71. The van der Waals surface area contributed by atoms with Crippen LogP contribution in [0.2, 0.25) is 0 Å². The molecule has 0 fully saturated rings. The van der Waals surface area contributed by atoms with Gasteiger partial charge < -0.3 is 15.6 Å². The number of anilines is 1. The Labute approximate surface area is 183 Å². The number of phenols is 1. The van der Waals surface area contributed by atoms with Gasteiger partial charge in [0.1, 0.15) is 22.7 Å². The number of phenolic OH excluding ortho intramolecular Hbond substituents is 1. The van der Waals surface area contributed by atoms with E-state index in [0.717, 1.165) is 14.7 Å². The lowest BCUT2D eigenvalue weighted by molar-refractivity contribution is 0.0471. The number of carbonyl (C=O) groups is 2. The summed E-state index contributed by atoms with van der Waals surface area (Å²) in [5.41, 5.74) is 5.26. The van der Waals surface area contributed by atoms with Crippen molar-refractivity contribution >= 4 is 17.6 Å². The number of rotatable bonds is 7. The number of benzene rings is 2. The van der Waals surface area contributed by atoms with Crippen LogP contribution in [0.15, 0.2) is 58.1 Å². The molecule has 0 amide bonds. The average Bonchev–Trinajstić information content (AvgIpc) is 2.78. The zero-order valence-corrected chi connectivity index (χ0v) is 17.7. The standard InChI is InChI=1S/C23H23N3O6/c1-3-25-21(29)18(20(24)26(23(25)31)12-15-9-5-4-6-10-15)17(27)13-32-22(30)16-11-7-8-14(2)19(16)28/h4-11,28H,3,12-13,24H2,1-2H3. The molecule has 0 aliphatic heterocycles. The molecule has 0 atom stereocenters. The van der Waals surface area contributed by atoms with E-state index in [4.69, 9.17) is 10.5 Å². The third kappa shape index (κ3) is 4.31. The zero-order chi connectivity index (χ0) is 23.4. The molecular formula is C23H23N3O6. The van der Waals surface area contributed by atoms with E-state index in [0.29, 0.717) is 5.56 Å². The summed E-state index contributed by atoms with van der Waals surface area (Å²) in [7, 11) is 0. The number of esters is 1. The molecule has 32 heavy (non-hydrogen) atoms. The van der Waals surface area contributed by atoms with Gasteiger partial charge in [0.25, 0.3) is 5.56 Å². The Morgan fingerprint density at radius 3 is 2.38 bits per heavy atom. The van der Waals surface area contributed by atoms with Crippen molar-refractivity contribution in [3.05, 3.63) is 91.6 Å². The summed E-state index contributed by atoms with van der Waals surface area (Å²) < 4.78 is 7.06. The lowest BCUT2D eigenvalue weighted by Crippen LogP contribution is -2.44. The van der Waals surface area contributed by atoms with Crippen molar-refractivity contribution in [2.75, 3.05) is 12.3 Å². The summed E-state index contributed by atoms with van der Waals surface area (Å²) in [6, 6.07) is 13.5. The van der Waals surface area contributed by atoms with Crippen LogP contribution in [-0.2, 0) is 17.8 Å². The number of nitrogen functional groups attached to an aromatic ring is 1. The fourth-order valence-electron chi connectivity index (χ4n) is 3.28. The van der Waals surface area contributed by atoms with Gasteiger partial charge in [-0.15, -0.1) is 0 Å². The summed E-state index contributed by atoms with van der Waals surface area (Å²) >= 11 is 0. The van der Waals surface area contributed by atoms with Gasteiger partial charge in [0.2, 0.25) is 5.78 Å². The van der Waals surface area contributed by atoms with E-state index in [1.165, 1.54) is 6.07 Å². The third-order valence-electron chi connectivity index (χ3n) is 5.04. The quantitative estimate of drug-likeness (QED) is 0.425. The second kappa shape index (κ2) is 9.34. The molecule has 9 nitrogen and oxygen atoms in total. The van der Waals surface area contributed by atoms with Gasteiger partial charge in [-0.1, -0.05) is 42.5 Å². The van der Waals surface area contributed by atoms with E-state index >= 15 is 0 Å². The predicted molar refractivity (Wildman–Crippen MR) is 118 cm³/mol. The van der Waals surface area contributed by atoms with Crippen LogP contribution in [-0.4, -0.2) is 32.6 Å². The zero-order valence-electron chi connectivity index (χ0n) is 17.7. The van der Waals surface area contributed by atoms with Crippen molar-refractivity contribution in [2.45, 2.75) is 26.9 Å². The molecule has 0 aliphatic rings. The molecule has 0 saturated heterocycles. The van der Waals surface area contributed by atoms with Gasteiger partial charge >= 0.3 is 11.7 Å². The van der Waals surface area contributed by atoms with Crippen molar-refractivity contribution in [3.8, 4) is 5.75 Å². The number of aromatic nitrogens is 2. The molecule has 3 rings (SSSR count). The Morgan fingerprint density at radius 2 is 1.72 bits per heavy atom. The summed E-state index contributed by atoms with van der Waals surface area (Å²) in [4.78, 5) is 50.6. The van der Waals surface area contributed by atoms with Crippen molar-refractivity contribution in [1.29, 1.82) is 0 Å². The first kappa shape index (κ1) is 22.5. The maximum Gasteiger partial charge on any atom is 0.342 e. The highest BCUT2D eigenvalue weighted by Crippen LogP contribution is 2.22. The van der Waals surface area contributed by atoms with Gasteiger partial charge in [0.15, 0.2) is 6.61 Å². The van der Waals surface area contributed by atoms with Gasteiger partial charge in [-0.05, 0) is 31.0 Å². The number of ketones is 1. The summed E-state index contributed by atoms with van der Waals surface area (Å²) in [5.74, 6) is -2.33. The number of nitrogens with zero attached hydrogens (tertiary/aromatic N) is 2. The molecule has 0 spiro atoms. The minimum absolute atomic E-state index is 0.0317. The number of ether oxygens (including phenoxy) is 1. The maximum atomic E-state index is 12.8. The highest BCUT2D eigenvalue weighted by atomic mass is 16.5. The van der Waals surface area contributed by atoms with Crippen molar-refractivity contribution in [1.82, 2.24) is 9.13 Å². The van der Waals surface area contributed by atoms with E-state index in [1.807, 2.05) is 6.07 Å². The maximum absolute atomic E-state index is 12.8. The van der Waals surface area contributed by atoms with E-state index in [-0.39, 0.29) is 30.2 Å². The van der Waals surface area contributed by atoms with Crippen LogP contribution in [0.4, 0.5) is 5.82 Å². The molecule has 0 aliphatic carbocycles. The fraction of sp³-hybridized carbons (Fsp3) is 0.217. The first-order valence-electron chi connectivity index (χ1n) is 9.92. The molecule has 0 bridgehead atoms. The summed E-state index contributed by atoms with van der Waals surface area (Å²) in [5, 5.41) is 10.0. The van der Waals surface area contributed by atoms with Crippen LogP contribution in [0.5, 0.6) is 5.75 Å². The Bertz CT molecular complexity index is 1290. The molecule has 9 heteroatoms. The first-order chi connectivity index (χ1) is 15.3. The van der Waals surface area contributed by atoms with Crippen molar-refractivity contribution in [3.63, 3.8) is 0 Å². The molecule has 0 saturated carbocycles. The number of aryl methyl sites for hydroxylation is 1. The SMILES string of the molecule is CCn1c(=O)c(C(=O)COC(=O)c2cccc(C)c2O)c(N)n(Cc2ccccc2)c1=O. The fourth-order valence-corrected chi connectivity index (χ4v) is 3.28. The van der Waals surface area contributed by atoms with Gasteiger partial charge in [-0.3, -0.25) is 18.7 Å². The van der Waals surface area contributed by atoms with Crippen LogP contribution in [0.1, 0.15) is 38.8 Å². The van der Waals surface area contributed by atoms with Crippen LogP contribution >= 0.6 is 0 Å². The van der Waals surface area contributed by atoms with E-state index < -0.39 is 35.2 Å². The van der Waals surface area contributed by atoms with Crippen LogP contribution in [0, 0.1) is 6.92 Å². The molecule has 1 heterocycles. The second-order valence-electron chi connectivity index (χ2n) is 7.13. The number of Topliss-reactive ketones (excluding diaryl/α,β-unsaturated/α-hetero) is 1. The third-order valence-corrected chi connectivity index (χ3v) is 5.04.